The van der Waals surface area contributed by atoms with Gasteiger partial charge in [-0.05, 0) is 12.0 Å². The van der Waals surface area contributed by atoms with Crippen molar-refractivity contribution < 1.29 is 14.3 Å². The lowest BCUT2D eigenvalue weighted by Crippen LogP contribution is -2.44. The number of aliphatic hydroxyl groups excluding tert-OH is 1. The fraction of sp³-hybridized carbons (Fsp3) is 0.400. The topological polar surface area (TPSA) is 97.0 Å². The zero-order chi connectivity index (χ0) is 17.4. The molecule has 0 aliphatic carbocycles. The van der Waals surface area contributed by atoms with Crippen LogP contribution in [0.3, 0.4) is 0 Å². The Morgan fingerprint density at radius 3 is 2.57 bits per heavy atom. The summed E-state index contributed by atoms with van der Waals surface area (Å²) in [6.07, 6.45) is -0.812. The van der Waals surface area contributed by atoms with Crippen LogP contribution >= 0.6 is 23.4 Å². The molecule has 1 amide bonds. The molecule has 0 saturated heterocycles. The molecule has 8 heteroatoms. The van der Waals surface area contributed by atoms with E-state index in [-0.39, 0.29) is 5.04 Å². The van der Waals surface area contributed by atoms with E-state index in [4.69, 9.17) is 22.4 Å². The molecule has 0 spiro atoms. The maximum absolute atomic E-state index is 13.1. The number of hydrogen-bond acceptors (Lipinski definition) is 5. The molecule has 0 heterocycles. The molecule has 3 unspecified atom stereocenters. The lowest BCUT2D eigenvalue weighted by molar-refractivity contribution is -0.122. The highest BCUT2D eigenvalue weighted by Crippen LogP contribution is 2.20. The number of halogens is 2. The van der Waals surface area contributed by atoms with Crippen molar-refractivity contribution in [3.05, 3.63) is 35.4 Å². The fourth-order valence-electron chi connectivity index (χ4n) is 1.85. The Bertz CT molecular complexity index is 556. The molecule has 4 N–H and O–H groups in total. The van der Waals surface area contributed by atoms with Gasteiger partial charge < -0.3 is 15.8 Å². The van der Waals surface area contributed by atoms with E-state index in [2.05, 4.69) is 5.32 Å². The molecule has 0 fully saturated rings. The average molecular weight is 360 g/mol. The lowest BCUT2D eigenvalue weighted by atomic mass is 10.0. The molecule has 5 nitrogen and oxygen atoms in total. The normalized spacial score (nSPS) is 14.6. The number of rotatable bonds is 8. The van der Waals surface area contributed by atoms with Crippen molar-refractivity contribution in [3.63, 3.8) is 0 Å². The Morgan fingerprint density at radius 1 is 1.48 bits per heavy atom. The van der Waals surface area contributed by atoms with Gasteiger partial charge in [-0.1, -0.05) is 43.0 Å². The van der Waals surface area contributed by atoms with Gasteiger partial charge >= 0.3 is 0 Å². The Kier molecular flexibility index (Phi) is 8.22. The third-order valence-electron chi connectivity index (χ3n) is 3.21. The predicted octanol–water partition coefficient (Wildman–Crippen LogP) is 2.86. The van der Waals surface area contributed by atoms with Crippen LogP contribution in [-0.4, -0.2) is 39.7 Å². The van der Waals surface area contributed by atoms with Gasteiger partial charge in [-0.3, -0.25) is 10.2 Å². The maximum Gasteiger partial charge on any atom is 0.238 e. The smallest absolute Gasteiger partial charge is 0.238 e. The molecule has 1 rings (SSSR count). The predicted molar refractivity (Wildman–Crippen MR) is 92.4 cm³/mol. The van der Waals surface area contributed by atoms with E-state index >= 15 is 0 Å². The summed E-state index contributed by atoms with van der Waals surface area (Å²) >= 11 is 6.75. The largest absolute Gasteiger partial charge is 0.386 e. The highest BCUT2D eigenvalue weighted by Gasteiger charge is 2.25. The van der Waals surface area contributed by atoms with Crippen molar-refractivity contribution in [2.75, 3.05) is 6.67 Å². The quantitative estimate of drug-likeness (QED) is 0.326. The van der Waals surface area contributed by atoms with Gasteiger partial charge in [0.15, 0.2) is 0 Å². The number of nitrogens with one attached hydrogen (secondary N) is 3. The summed E-state index contributed by atoms with van der Waals surface area (Å²) in [5, 5.41) is 26.7. The number of hydrogen-bond donors (Lipinski definition) is 4. The van der Waals surface area contributed by atoms with E-state index in [1.54, 1.807) is 31.2 Å². The third-order valence-corrected chi connectivity index (χ3v) is 4.31. The van der Waals surface area contributed by atoms with Crippen molar-refractivity contribution in [1.82, 2.24) is 5.32 Å². The van der Waals surface area contributed by atoms with Gasteiger partial charge in [0.1, 0.15) is 18.2 Å². The van der Waals surface area contributed by atoms with E-state index in [0.29, 0.717) is 17.5 Å². The summed E-state index contributed by atoms with van der Waals surface area (Å²) in [6, 6.07) is 5.24. The number of benzene rings is 1. The van der Waals surface area contributed by atoms with Gasteiger partial charge in [0.25, 0.3) is 0 Å². The average Bonchev–Trinajstić information content (AvgIpc) is 2.58. The number of aliphatic hydroxyl groups is 1. The summed E-state index contributed by atoms with van der Waals surface area (Å²) in [5.41, 5.74) is 2.06. The summed E-state index contributed by atoms with van der Waals surface area (Å²) in [6.45, 7) is 0.805. The van der Waals surface area contributed by atoms with Crippen molar-refractivity contribution >= 4 is 39.9 Å². The molecule has 3 atom stereocenters. The summed E-state index contributed by atoms with van der Waals surface area (Å²) < 4.78 is 13.1. The molecule has 126 valence electrons. The molecular formula is C15H19ClFN3O2S. The van der Waals surface area contributed by atoms with Gasteiger partial charge in [-0.25, -0.2) is 4.39 Å². The van der Waals surface area contributed by atoms with Crippen molar-refractivity contribution in [2.24, 2.45) is 0 Å². The second kappa shape index (κ2) is 9.64. The van der Waals surface area contributed by atoms with Crippen LogP contribution in [0.2, 0.25) is 0 Å². The highest BCUT2D eigenvalue weighted by atomic mass is 35.5. The minimum atomic E-state index is -1.22. The van der Waals surface area contributed by atoms with Crippen LogP contribution < -0.4 is 5.32 Å². The minimum absolute atomic E-state index is 0.198. The van der Waals surface area contributed by atoms with Crippen LogP contribution in [0.25, 0.3) is 0 Å². The van der Waals surface area contributed by atoms with E-state index in [1.807, 2.05) is 0 Å². The van der Waals surface area contributed by atoms with Gasteiger partial charge in [0, 0.05) is 5.56 Å². The van der Waals surface area contributed by atoms with Crippen molar-refractivity contribution in [3.8, 4) is 0 Å². The van der Waals surface area contributed by atoms with E-state index in [9.17, 15) is 14.3 Å². The molecule has 0 aliphatic heterocycles. The molecular weight excluding hydrogens is 341 g/mol. The van der Waals surface area contributed by atoms with Crippen LogP contribution in [0, 0.1) is 10.8 Å². The molecule has 0 saturated carbocycles. The van der Waals surface area contributed by atoms with Gasteiger partial charge in [0.2, 0.25) is 5.91 Å². The zero-order valence-electron chi connectivity index (χ0n) is 12.6. The fourth-order valence-corrected chi connectivity index (χ4v) is 2.30. The Morgan fingerprint density at radius 2 is 2.09 bits per heavy atom. The molecule has 1 aromatic carbocycles. The van der Waals surface area contributed by atoms with E-state index in [1.165, 1.54) is 0 Å². The van der Waals surface area contributed by atoms with Crippen LogP contribution in [0.4, 0.5) is 4.39 Å². The summed E-state index contributed by atoms with van der Waals surface area (Å²) in [7, 11) is 0. The maximum atomic E-state index is 13.1. The standard InChI is InChI=1S/C15H19ClFN3O2S/c1-2-11(16)15(22)20-12(7-17)13(21)9-3-5-10(6-4-9)14(19)23-8-18/h3-6,8,11-13,18-19,21H,2,7H2,1H3,(H,20,22). The Hall–Kier alpha value is -1.44. The first-order valence-corrected chi connectivity index (χ1v) is 8.29. The van der Waals surface area contributed by atoms with Crippen molar-refractivity contribution in [2.45, 2.75) is 30.9 Å². The van der Waals surface area contributed by atoms with Crippen LogP contribution in [0.5, 0.6) is 0 Å². The third kappa shape index (κ3) is 5.60. The van der Waals surface area contributed by atoms with E-state index in [0.717, 1.165) is 17.3 Å². The number of carbonyl (C=O) groups excluding carboxylic acids is 1. The number of amides is 1. The SMILES string of the molecule is CCC(Cl)C(=O)NC(CF)C(O)c1ccc(C(=N)SC=N)cc1. The molecule has 0 aromatic heterocycles. The van der Waals surface area contributed by atoms with Gasteiger partial charge in [-0.2, -0.15) is 0 Å². The van der Waals surface area contributed by atoms with Crippen molar-refractivity contribution in [1.29, 1.82) is 10.8 Å². The molecule has 23 heavy (non-hydrogen) atoms. The minimum Gasteiger partial charge on any atom is -0.386 e. The molecule has 0 bridgehead atoms. The molecule has 1 aromatic rings. The number of carbonyl (C=O) groups is 1. The van der Waals surface area contributed by atoms with Gasteiger partial charge in [0.05, 0.1) is 16.6 Å². The monoisotopic (exact) mass is 359 g/mol. The van der Waals surface area contributed by atoms with Crippen LogP contribution in [0.1, 0.15) is 30.6 Å². The number of alkyl halides is 2. The Balaban J connectivity index is 2.81. The first kappa shape index (κ1) is 19.6. The van der Waals surface area contributed by atoms with E-state index < -0.39 is 30.1 Å². The zero-order valence-corrected chi connectivity index (χ0v) is 14.1. The first-order valence-electron chi connectivity index (χ1n) is 6.97. The lowest BCUT2D eigenvalue weighted by Gasteiger charge is -2.23. The van der Waals surface area contributed by atoms with Crippen LogP contribution in [0.15, 0.2) is 24.3 Å². The highest BCUT2D eigenvalue weighted by molar-refractivity contribution is 8.25. The molecule has 0 radical (unpaired) electrons. The first-order chi connectivity index (χ1) is 10.9. The summed E-state index contributed by atoms with van der Waals surface area (Å²) in [4.78, 5) is 11.7. The number of thioether (sulfide) groups is 1. The Labute approximate surface area is 143 Å². The molecule has 0 aliphatic rings. The van der Waals surface area contributed by atoms with Gasteiger partial charge in [-0.15, -0.1) is 11.6 Å². The second-order valence-electron chi connectivity index (χ2n) is 4.78. The second-order valence-corrected chi connectivity index (χ2v) is 6.18. The summed E-state index contributed by atoms with van der Waals surface area (Å²) in [5.74, 6) is -0.517. The van der Waals surface area contributed by atoms with Crippen LogP contribution in [-0.2, 0) is 4.79 Å².